The molecule has 0 heterocycles. The topological polar surface area (TPSA) is 60.7 Å². The molecule has 3 N–H and O–H groups in total. The lowest BCUT2D eigenvalue weighted by molar-refractivity contribution is 0.426. The maximum Gasteiger partial charge on any atom is 0.488 e. The van der Waals surface area contributed by atoms with E-state index in [-0.39, 0.29) is 5.76 Å². The van der Waals surface area contributed by atoms with Gasteiger partial charge in [0.05, 0.1) is 0 Å². The van der Waals surface area contributed by atoms with E-state index in [4.69, 9.17) is 15.2 Å². The van der Waals surface area contributed by atoms with Gasteiger partial charge < -0.3 is 15.2 Å². The first-order chi connectivity index (χ1) is 5.61. The summed E-state index contributed by atoms with van der Waals surface area (Å²) in [5.41, 5.74) is 0.823. The van der Waals surface area contributed by atoms with Crippen LogP contribution in [0.25, 0.3) is 5.76 Å². The molecular formula is C8H9BO3. The van der Waals surface area contributed by atoms with Crippen molar-refractivity contribution in [1.29, 1.82) is 0 Å². The molecule has 0 saturated heterocycles. The maximum absolute atomic E-state index is 8.97. The molecule has 0 spiro atoms. The van der Waals surface area contributed by atoms with Gasteiger partial charge >= 0.3 is 7.12 Å². The van der Waals surface area contributed by atoms with Crippen LogP contribution in [0.15, 0.2) is 30.8 Å². The Morgan fingerprint density at radius 3 is 2.50 bits per heavy atom. The van der Waals surface area contributed by atoms with Crippen molar-refractivity contribution in [3.63, 3.8) is 0 Å². The van der Waals surface area contributed by atoms with Gasteiger partial charge in [0.1, 0.15) is 5.76 Å². The summed E-state index contributed by atoms with van der Waals surface area (Å²) in [4.78, 5) is 0. The Labute approximate surface area is 70.7 Å². The molecule has 1 rings (SSSR count). The van der Waals surface area contributed by atoms with Crippen molar-refractivity contribution >= 4 is 18.3 Å². The van der Waals surface area contributed by atoms with Crippen LogP contribution in [-0.2, 0) is 0 Å². The Balaban J connectivity index is 3.04. The average Bonchev–Trinajstić information content (AvgIpc) is 2.04. The van der Waals surface area contributed by atoms with E-state index in [0.29, 0.717) is 11.0 Å². The van der Waals surface area contributed by atoms with Crippen molar-refractivity contribution in [3.8, 4) is 0 Å². The second kappa shape index (κ2) is 3.43. The van der Waals surface area contributed by atoms with E-state index in [1.807, 2.05) is 0 Å². The number of benzene rings is 1. The van der Waals surface area contributed by atoms with Crippen LogP contribution in [0.3, 0.4) is 0 Å². The summed E-state index contributed by atoms with van der Waals surface area (Å²) < 4.78 is 0. The van der Waals surface area contributed by atoms with Crippen LogP contribution in [0.1, 0.15) is 5.56 Å². The van der Waals surface area contributed by atoms with Gasteiger partial charge in [-0.25, -0.2) is 0 Å². The van der Waals surface area contributed by atoms with Crippen molar-refractivity contribution in [2.45, 2.75) is 0 Å². The number of rotatable bonds is 2. The predicted octanol–water partition coefficient (Wildman–Crippen LogP) is -0.105. The SMILES string of the molecule is C=C(O)c1cccc(B(O)O)c1. The molecule has 1 aromatic rings. The van der Waals surface area contributed by atoms with Gasteiger partial charge in [0, 0.05) is 5.56 Å². The first-order valence-electron chi connectivity index (χ1n) is 3.45. The minimum atomic E-state index is -1.51. The molecule has 0 saturated carbocycles. The van der Waals surface area contributed by atoms with Crippen molar-refractivity contribution in [2.24, 2.45) is 0 Å². The van der Waals surface area contributed by atoms with E-state index in [1.54, 1.807) is 18.2 Å². The molecule has 0 atom stereocenters. The third-order valence-corrected chi connectivity index (χ3v) is 1.52. The maximum atomic E-state index is 8.97. The van der Waals surface area contributed by atoms with Crippen LogP contribution in [-0.4, -0.2) is 22.3 Å². The fraction of sp³-hybridized carbons (Fsp3) is 0. The van der Waals surface area contributed by atoms with Crippen molar-refractivity contribution in [2.75, 3.05) is 0 Å². The molecule has 0 aliphatic heterocycles. The third kappa shape index (κ3) is 1.87. The average molecular weight is 164 g/mol. The lowest BCUT2D eigenvalue weighted by atomic mass is 9.79. The molecular weight excluding hydrogens is 155 g/mol. The quantitative estimate of drug-likeness (QED) is 0.422. The second-order valence-electron chi connectivity index (χ2n) is 2.45. The van der Waals surface area contributed by atoms with Crippen LogP contribution in [0.5, 0.6) is 0 Å². The summed E-state index contributed by atoms with van der Waals surface area (Å²) in [5, 5.41) is 26.5. The van der Waals surface area contributed by atoms with Crippen molar-refractivity contribution < 1.29 is 15.2 Å². The van der Waals surface area contributed by atoms with Crippen LogP contribution < -0.4 is 5.46 Å². The molecule has 62 valence electrons. The standard InChI is InChI=1S/C8H9BO3/c1-6(10)7-3-2-4-8(5-7)9(11)12/h2-5,10-12H,1H2. The summed E-state index contributed by atoms with van der Waals surface area (Å²) in [6, 6.07) is 6.27. The minimum absolute atomic E-state index is 0.0856. The van der Waals surface area contributed by atoms with Gasteiger partial charge in [0.25, 0.3) is 0 Å². The Morgan fingerprint density at radius 2 is 2.00 bits per heavy atom. The van der Waals surface area contributed by atoms with E-state index < -0.39 is 7.12 Å². The Bertz CT molecular complexity index is 296. The molecule has 0 aliphatic rings. The Hall–Kier alpha value is -1.26. The zero-order valence-electron chi connectivity index (χ0n) is 6.44. The summed E-state index contributed by atoms with van der Waals surface area (Å²) >= 11 is 0. The summed E-state index contributed by atoms with van der Waals surface area (Å²) in [6.45, 7) is 3.32. The van der Waals surface area contributed by atoms with E-state index in [2.05, 4.69) is 6.58 Å². The van der Waals surface area contributed by atoms with Gasteiger partial charge in [0.2, 0.25) is 0 Å². The highest BCUT2D eigenvalue weighted by Gasteiger charge is 2.10. The highest BCUT2D eigenvalue weighted by atomic mass is 16.4. The van der Waals surface area contributed by atoms with Crippen LogP contribution >= 0.6 is 0 Å². The molecule has 0 amide bonds. The summed E-state index contributed by atoms with van der Waals surface area (Å²) in [5.74, 6) is -0.0856. The summed E-state index contributed by atoms with van der Waals surface area (Å²) in [6.07, 6.45) is 0. The van der Waals surface area contributed by atoms with Gasteiger partial charge in [-0.2, -0.15) is 0 Å². The molecule has 12 heavy (non-hydrogen) atoms. The molecule has 0 unspecified atom stereocenters. The number of hydrogen-bond acceptors (Lipinski definition) is 3. The Kier molecular flexibility index (Phi) is 2.52. The van der Waals surface area contributed by atoms with E-state index in [0.717, 1.165) is 0 Å². The van der Waals surface area contributed by atoms with Crippen molar-refractivity contribution in [3.05, 3.63) is 36.4 Å². The molecule has 0 fully saturated rings. The smallest absolute Gasteiger partial charge is 0.488 e. The highest BCUT2D eigenvalue weighted by molar-refractivity contribution is 6.58. The first-order valence-corrected chi connectivity index (χ1v) is 3.45. The Morgan fingerprint density at radius 1 is 1.33 bits per heavy atom. The van der Waals surface area contributed by atoms with Crippen LogP contribution in [0.2, 0.25) is 0 Å². The van der Waals surface area contributed by atoms with E-state index >= 15 is 0 Å². The van der Waals surface area contributed by atoms with Crippen LogP contribution in [0.4, 0.5) is 0 Å². The fourth-order valence-corrected chi connectivity index (χ4v) is 0.879. The predicted molar refractivity (Wildman–Crippen MR) is 47.9 cm³/mol. The van der Waals surface area contributed by atoms with Crippen molar-refractivity contribution in [1.82, 2.24) is 0 Å². The van der Waals surface area contributed by atoms with Gasteiger partial charge in [-0.05, 0) is 5.46 Å². The number of aliphatic hydroxyl groups excluding tert-OH is 1. The molecule has 3 nitrogen and oxygen atoms in total. The fourth-order valence-electron chi connectivity index (χ4n) is 0.879. The molecule has 0 bridgehead atoms. The lowest BCUT2D eigenvalue weighted by Gasteiger charge is -2.01. The zero-order valence-corrected chi connectivity index (χ0v) is 6.44. The highest BCUT2D eigenvalue weighted by Crippen LogP contribution is 2.05. The van der Waals surface area contributed by atoms with Gasteiger partial charge in [-0.1, -0.05) is 30.8 Å². The molecule has 0 radical (unpaired) electrons. The normalized spacial score (nSPS) is 9.50. The van der Waals surface area contributed by atoms with Crippen LogP contribution in [0, 0.1) is 0 Å². The lowest BCUT2D eigenvalue weighted by Crippen LogP contribution is -2.29. The van der Waals surface area contributed by atoms with Gasteiger partial charge in [-0.3, -0.25) is 0 Å². The number of hydrogen-bond donors (Lipinski definition) is 3. The van der Waals surface area contributed by atoms with E-state index in [9.17, 15) is 0 Å². The molecule has 1 aromatic carbocycles. The van der Waals surface area contributed by atoms with E-state index in [1.165, 1.54) is 6.07 Å². The number of aliphatic hydroxyl groups is 1. The largest absolute Gasteiger partial charge is 0.508 e. The summed E-state index contributed by atoms with van der Waals surface area (Å²) in [7, 11) is -1.51. The molecule has 0 aliphatic carbocycles. The first kappa shape index (κ1) is 8.84. The van der Waals surface area contributed by atoms with Gasteiger partial charge in [-0.15, -0.1) is 0 Å². The second-order valence-corrected chi connectivity index (χ2v) is 2.45. The third-order valence-electron chi connectivity index (χ3n) is 1.52. The zero-order chi connectivity index (χ0) is 9.14. The molecule has 0 aromatic heterocycles. The van der Waals surface area contributed by atoms with Gasteiger partial charge in [0.15, 0.2) is 0 Å². The monoisotopic (exact) mass is 164 g/mol. The molecule has 4 heteroatoms. The minimum Gasteiger partial charge on any atom is -0.508 e.